The highest BCUT2D eigenvalue weighted by atomic mass is 16.5. The molecule has 5 nitrogen and oxygen atoms in total. The van der Waals surface area contributed by atoms with E-state index < -0.39 is 5.97 Å². The third-order valence-corrected chi connectivity index (χ3v) is 1.99. The van der Waals surface area contributed by atoms with Crippen LogP contribution >= 0.6 is 0 Å². The highest BCUT2D eigenvalue weighted by Gasteiger charge is 2.12. The summed E-state index contributed by atoms with van der Waals surface area (Å²) in [6.45, 7) is 0. The van der Waals surface area contributed by atoms with Crippen molar-refractivity contribution in [1.82, 2.24) is 10.2 Å². The molecule has 0 amide bonds. The topological polar surface area (TPSA) is 75.2 Å². The zero-order chi connectivity index (χ0) is 10.1. The molecule has 1 heterocycles. The van der Waals surface area contributed by atoms with Crippen molar-refractivity contribution in [1.29, 1.82) is 0 Å². The molecule has 0 aliphatic heterocycles. The van der Waals surface area contributed by atoms with Crippen LogP contribution in [0.3, 0.4) is 0 Å². The van der Waals surface area contributed by atoms with Crippen LogP contribution in [0.1, 0.15) is 10.4 Å². The highest BCUT2D eigenvalue weighted by Crippen LogP contribution is 2.24. The predicted octanol–water partition coefficient (Wildman–Crippen LogP) is 1.27. The van der Waals surface area contributed by atoms with E-state index in [-0.39, 0.29) is 5.56 Å². The van der Waals surface area contributed by atoms with Crippen molar-refractivity contribution in [2.45, 2.75) is 0 Å². The van der Waals surface area contributed by atoms with Gasteiger partial charge in [-0.25, -0.2) is 4.79 Å². The third kappa shape index (κ3) is 1.19. The number of carboxylic acid groups (broad SMARTS) is 1. The van der Waals surface area contributed by atoms with Gasteiger partial charge in [-0.1, -0.05) is 0 Å². The van der Waals surface area contributed by atoms with Crippen LogP contribution in [-0.4, -0.2) is 28.4 Å². The lowest BCUT2D eigenvalue weighted by atomic mass is 10.1. The van der Waals surface area contributed by atoms with Crippen molar-refractivity contribution in [3.05, 3.63) is 23.9 Å². The first kappa shape index (κ1) is 8.55. The van der Waals surface area contributed by atoms with Crippen LogP contribution in [0.15, 0.2) is 18.3 Å². The Balaban J connectivity index is 2.72. The van der Waals surface area contributed by atoms with Crippen molar-refractivity contribution in [2.75, 3.05) is 7.11 Å². The first-order valence-corrected chi connectivity index (χ1v) is 3.97. The van der Waals surface area contributed by atoms with E-state index in [4.69, 9.17) is 9.84 Å². The summed E-state index contributed by atoms with van der Waals surface area (Å²) >= 11 is 0. The predicted molar refractivity (Wildman–Crippen MR) is 49.6 cm³/mol. The molecule has 2 N–H and O–H groups in total. The lowest BCUT2D eigenvalue weighted by Crippen LogP contribution is -2.00. The molecule has 2 aromatic rings. The van der Waals surface area contributed by atoms with Gasteiger partial charge in [-0.2, -0.15) is 5.10 Å². The molecule has 0 bridgehead atoms. The van der Waals surface area contributed by atoms with Crippen molar-refractivity contribution >= 4 is 16.9 Å². The number of aromatic amines is 1. The van der Waals surface area contributed by atoms with Gasteiger partial charge in [-0.15, -0.1) is 0 Å². The molecule has 5 heteroatoms. The molecule has 2 rings (SSSR count). The second-order valence-corrected chi connectivity index (χ2v) is 2.81. The van der Waals surface area contributed by atoms with Crippen molar-refractivity contribution in [3.8, 4) is 5.75 Å². The molecule has 0 fully saturated rings. The van der Waals surface area contributed by atoms with Crippen molar-refractivity contribution < 1.29 is 14.6 Å². The molecule has 0 aliphatic rings. The smallest absolute Gasteiger partial charge is 0.339 e. The molecule has 0 atom stereocenters. The molecule has 0 unspecified atom stereocenters. The summed E-state index contributed by atoms with van der Waals surface area (Å²) in [4.78, 5) is 10.8. The van der Waals surface area contributed by atoms with E-state index >= 15 is 0 Å². The Hall–Kier alpha value is -2.04. The van der Waals surface area contributed by atoms with Crippen LogP contribution in [0.2, 0.25) is 0 Å². The molecular formula is C9H8N2O3. The van der Waals surface area contributed by atoms with Gasteiger partial charge in [0, 0.05) is 5.39 Å². The minimum atomic E-state index is -1.02. The van der Waals surface area contributed by atoms with Crippen LogP contribution in [0.25, 0.3) is 10.9 Å². The minimum Gasteiger partial charge on any atom is -0.496 e. The fourth-order valence-electron chi connectivity index (χ4n) is 1.31. The fraction of sp³-hybridized carbons (Fsp3) is 0.111. The number of hydrogen-bond acceptors (Lipinski definition) is 3. The van der Waals surface area contributed by atoms with E-state index in [0.717, 1.165) is 5.39 Å². The number of nitrogens with zero attached hydrogens (tertiary/aromatic N) is 1. The molecule has 0 spiro atoms. The van der Waals surface area contributed by atoms with Gasteiger partial charge in [0.2, 0.25) is 0 Å². The van der Waals surface area contributed by atoms with Gasteiger partial charge in [-0.05, 0) is 12.1 Å². The number of hydrogen-bond donors (Lipinski definition) is 2. The molecule has 0 radical (unpaired) electrons. The maximum atomic E-state index is 10.8. The lowest BCUT2D eigenvalue weighted by molar-refractivity contribution is 0.0693. The number of rotatable bonds is 2. The van der Waals surface area contributed by atoms with Gasteiger partial charge in [-0.3, -0.25) is 5.10 Å². The number of carbonyl (C=O) groups is 1. The summed E-state index contributed by atoms with van der Waals surface area (Å²) in [5.41, 5.74) is 0.812. The summed E-state index contributed by atoms with van der Waals surface area (Å²) in [7, 11) is 1.44. The molecule has 14 heavy (non-hydrogen) atoms. The molecule has 0 saturated carbocycles. The molecular weight excluding hydrogens is 184 g/mol. The molecule has 72 valence electrons. The van der Waals surface area contributed by atoms with Crippen molar-refractivity contribution in [2.24, 2.45) is 0 Å². The zero-order valence-corrected chi connectivity index (χ0v) is 7.44. The summed E-state index contributed by atoms with van der Waals surface area (Å²) in [6, 6.07) is 3.14. The Bertz CT molecular complexity index is 490. The minimum absolute atomic E-state index is 0.129. The van der Waals surface area contributed by atoms with E-state index in [9.17, 15) is 4.79 Å². The quantitative estimate of drug-likeness (QED) is 0.751. The van der Waals surface area contributed by atoms with E-state index in [2.05, 4.69) is 10.2 Å². The second-order valence-electron chi connectivity index (χ2n) is 2.81. The largest absolute Gasteiger partial charge is 0.496 e. The number of aromatic carboxylic acids is 1. The Kier molecular flexibility index (Phi) is 1.85. The fourth-order valence-corrected chi connectivity index (χ4v) is 1.31. The summed E-state index contributed by atoms with van der Waals surface area (Å²) in [6.07, 6.45) is 1.61. The van der Waals surface area contributed by atoms with Crippen LogP contribution in [0, 0.1) is 0 Å². The van der Waals surface area contributed by atoms with Gasteiger partial charge < -0.3 is 9.84 Å². The van der Waals surface area contributed by atoms with Crippen LogP contribution in [0.4, 0.5) is 0 Å². The Morgan fingerprint density at radius 2 is 2.36 bits per heavy atom. The van der Waals surface area contributed by atoms with E-state index in [0.29, 0.717) is 11.3 Å². The first-order valence-electron chi connectivity index (χ1n) is 3.97. The van der Waals surface area contributed by atoms with Gasteiger partial charge in [0.15, 0.2) is 0 Å². The number of carboxylic acids is 1. The van der Waals surface area contributed by atoms with E-state index in [1.165, 1.54) is 13.2 Å². The Labute approximate surface area is 79.3 Å². The van der Waals surface area contributed by atoms with Crippen LogP contribution in [0.5, 0.6) is 5.75 Å². The number of fused-ring (bicyclic) bond motifs is 1. The SMILES string of the molecule is COc1cc2cn[nH]c2cc1C(=O)O. The summed E-state index contributed by atoms with van der Waals surface area (Å²) in [5, 5.41) is 16.2. The molecule has 0 aliphatic carbocycles. The van der Waals surface area contributed by atoms with Gasteiger partial charge >= 0.3 is 5.97 Å². The van der Waals surface area contributed by atoms with Gasteiger partial charge in [0.05, 0.1) is 18.8 Å². The maximum Gasteiger partial charge on any atom is 0.339 e. The monoisotopic (exact) mass is 192 g/mol. The maximum absolute atomic E-state index is 10.8. The Morgan fingerprint density at radius 3 is 3.00 bits per heavy atom. The number of H-pyrrole nitrogens is 1. The van der Waals surface area contributed by atoms with Gasteiger partial charge in [0.1, 0.15) is 11.3 Å². The second kappa shape index (κ2) is 3.02. The lowest BCUT2D eigenvalue weighted by Gasteiger charge is -2.03. The standard InChI is InChI=1S/C9H8N2O3/c1-14-8-2-5-4-10-11-7(5)3-6(8)9(12)13/h2-4H,1H3,(H,10,11)(H,12,13). The van der Waals surface area contributed by atoms with Crippen LogP contribution in [-0.2, 0) is 0 Å². The van der Waals surface area contributed by atoms with E-state index in [1.807, 2.05) is 0 Å². The van der Waals surface area contributed by atoms with Crippen LogP contribution < -0.4 is 4.74 Å². The summed E-state index contributed by atoms with van der Waals surface area (Å²) in [5.74, 6) is -0.676. The molecule has 1 aromatic carbocycles. The zero-order valence-electron chi connectivity index (χ0n) is 7.44. The molecule has 1 aromatic heterocycles. The number of aromatic nitrogens is 2. The highest BCUT2D eigenvalue weighted by molar-refractivity contribution is 5.96. The number of ether oxygens (including phenoxy) is 1. The van der Waals surface area contributed by atoms with Gasteiger partial charge in [0.25, 0.3) is 0 Å². The number of nitrogens with one attached hydrogen (secondary N) is 1. The third-order valence-electron chi connectivity index (χ3n) is 1.99. The Morgan fingerprint density at radius 1 is 1.57 bits per heavy atom. The van der Waals surface area contributed by atoms with E-state index in [1.54, 1.807) is 12.3 Å². The normalized spacial score (nSPS) is 10.4. The first-order chi connectivity index (χ1) is 6.72. The number of benzene rings is 1. The average Bonchev–Trinajstić information content (AvgIpc) is 2.62. The molecule has 0 saturated heterocycles. The average molecular weight is 192 g/mol. The summed E-state index contributed by atoms with van der Waals surface area (Å²) < 4.78 is 4.96. The van der Waals surface area contributed by atoms with Crippen molar-refractivity contribution in [3.63, 3.8) is 0 Å². The number of methoxy groups -OCH3 is 1.